The lowest BCUT2D eigenvalue weighted by atomic mass is 9.94. The third-order valence-corrected chi connectivity index (χ3v) is 3.50. The standard InChI is InChI=1S/C19H18O5/c1-22-17-10-6-9-13(15(17)11-12-18(20)23-2)14-7-4-5-8-16(14)19(21)24-3/h4-12H,1-3H3/b12-11+. The van der Waals surface area contributed by atoms with Crippen molar-refractivity contribution in [3.63, 3.8) is 0 Å². The van der Waals surface area contributed by atoms with Crippen molar-refractivity contribution >= 4 is 18.0 Å². The first-order valence-corrected chi connectivity index (χ1v) is 7.23. The van der Waals surface area contributed by atoms with Gasteiger partial charge in [0.15, 0.2) is 0 Å². The molecule has 2 aromatic rings. The van der Waals surface area contributed by atoms with E-state index in [1.165, 1.54) is 20.3 Å². The summed E-state index contributed by atoms with van der Waals surface area (Å²) >= 11 is 0. The summed E-state index contributed by atoms with van der Waals surface area (Å²) in [7, 11) is 4.19. The van der Waals surface area contributed by atoms with Gasteiger partial charge in [0, 0.05) is 11.6 Å². The number of benzene rings is 2. The summed E-state index contributed by atoms with van der Waals surface area (Å²) in [6, 6.07) is 12.5. The first kappa shape index (κ1) is 17.3. The van der Waals surface area contributed by atoms with Crippen LogP contribution in [0.4, 0.5) is 0 Å². The Hall–Kier alpha value is -3.08. The summed E-state index contributed by atoms with van der Waals surface area (Å²) in [6.07, 6.45) is 2.91. The van der Waals surface area contributed by atoms with E-state index in [0.717, 1.165) is 5.56 Å². The molecule has 0 aliphatic heterocycles. The van der Waals surface area contributed by atoms with E-state index in [0.29, 0.717) is 22.4 Å². The second kappa shape index (κ2) is 7.97. The van der Waals surface area contributed by atoms with Crippen molar-refractivity contribution in [3.05, 3.63) is 59.7 Å². The number of rotatable bonds is 5. The third kappa shape index (κ3) is 3.63. The minimum absolute atomic E-state index is 0.431. The molecule has 0 aliphatic rings. The maximum atomic E-state index is 12.0. The van der Waals surface area contributed by atoms with Crippen LogP contribution in [0.1, 0.15) is 15.9 Å². The molecule has 2 rings (SSSR count). The molecule has 0 saturated carbocycles. The van der Waals surface area contributed by atoms with E-state index >= 15 is 0 Å². The first-order chi connectivity index (χ1) is 11.6. The highest BCUT2D eigenvalue weighted by atomic mass is 16.5. The van der Waals surface area contributed by atoms with Gasteiger partial charge in [-0.3, -0.25) is 0 Å². The molecular weight excluding hydrogens is 308 g/mol. The van der Waals surface area contributed by atoms with E-state index in [1.54, 1.807) is 31.4 Å². The van der Waals surface area contributed by atoms with E-state index in [2.05, 4.69) is 4.74 Å². The number of hydrogen-bond donors (Lipinski definition) is 0. The first-order valence-electron chi connectivity index (χ1n) is 7.23. The molecule has 5 nitrogen and oxygen atoms in total. The van der Waals surface area contributed by atoms with Gasteiger partial charge in [0.1, 0.15) is 5.75 Å². The van der Waals surface area contributed by atoms with Crippen molar-refractivity contribution in [1.29, 1.82) is 0 Å². The maximum Gasteiger partial charge on any atom is 0.338 e. The average molecular weight is 326 g/mol. The molecular formula is C19H18O5. The van der Waals surface area contributed by atoms with E-state index in [9.17, 15) is 9.59 Å². The quantitative estimate of drug-likeness (QED) is 0.623. The summed E-state index contributed by atoms with van der Waals surface area (Å²) in [5, 5.41) is 0. The predicted molar refractivity (Wildman–Crippen MR) is 90.8 cm³/mol. The lowest BCUT2D eigenvalue weighted by Gasteiger charge is -2.13. The number of methoxy groups -OCH3 is 3. The van der Waals surface area contributed by atoms with Crippen LogP contribution in [0.3, 0.4) is 0 Å². The fourth-order valence-electron chi connectivity index (χ4n) is 2.35. The highest BCUT2D eigenvalue weighted by Crippen LogP contribution is 2.34. The normalized spacial score (nSPS) is 10.5. The number of hydrogen-bond acceptors (Lipinski definition) is 5. The molecule has 24 heavy (non-hydrogen) atoms. The van der Waals surface area contributed by atoms with Gasteiger partial charge in [-0.15, -0.1) is 0 Å². The molecule has 0 amide bonds. The minimum atomic E-state index is -0.479. The van der Waals surface area contributed by atoms with Crippen molar-refractivity contribution < 1.29 is 23.8 Å². The van der Waals surface area contributed by atoms with Crippen molar-refractivity contribution in [3.8, 4) is 16.9 Å². The Kier molecular flexibility index (Phi) is 5.73. The highest BCUT2D eigenvalue weighted by molar-refractivity contribution is 5.99. The molecule has 0 unspecified atom stereocenters. The molecule has 0 spiro atoms. The smallest absolute Gasteiger partial charge is 0.338 e. The minimum Gasteiger partial charge on any atom is -0.496 e. The Morgan fingerprint density at radius 1 is 0.875 bits per heavy atom. The van der Waals surface area contributed by atoms with Crippen LogP contribution in [0.5, 0.6) is 5.75 Å². The van der Waals surface area contributed by atoms with Crippen LogP contribution >= 0.6 is 0 Å². The molecule has 124 valence electrons. The van der Waals surface area contributed by atoms with Crippen LogP contribution < -0.4 is 4.74 Å². The number of esters is 2. The van der Waals surface area contributed by atoms with Gasteiger partial charge in [0.25, 0.3) is 0 Å². The fraction of sp³-hybridized carbons (Fsp3) is 0.158. The maximum absolute atomic E-state index is 12.0. The molecule has 5 heteroatoms. The molecule has 0 heterocycles. The molecule has 0 saturated heterocycles. The van der Waals surface area contributed by atoms with Gasteiger partial charge in [-0.1, -0.05) is 30.3 Å². The van der Waals surface area contributed by atoms with E-state index in [4.69, 9.17) is 9.47 Å². The molecule has 0 atom stereocenters. The Balaban J connectivity index is 2.65. The number of carbonyl (C=O) groups is 2. The largest absolute Gasteiger partial charge is 0.496 e. The van der Waals surface area contributed by atoms with E-state index in [-0.39, 0.29) is 0 Å². The summed E-state index contributed by atoms with van der Waals surface area (Å²) in [5.41, 5.74) is 2.53. The van der Waals surface area contributed by atoms with Crippen molar-refractivity contribution in [1.82, 2.24) is 0 Å². The van der Waals surface area contributed by atoms with Crippen LogP contribution in [-0.4, -0.2) is 33.3 Å². The van der Waals surface area contributed by atoms with Crippen LogP contribution in [0.15, 0.2) is 48.5 Å². The lowest BCUT2D eigenvalue weighted by molar-refractivity contribution is -0.134. The second-order valence-electron chi connectivity index (χ2n) is 4.82. The zero-order chi connectivity index (χ0) is 17.5. The monoisotopic (exact) mass is 326 g/mol. The van der Waals surface area contributed by atoms with Gasteiger partial charge in [0.05, 0.1) is 26.9 Å². The molecule has 0 radical (unpaired) electrons. The predicted octanol–water partition coefficient (Wildman–Crippen LogP) is 3.34. The van der Waals surface area contributed by atoms with Crippen LogP contribution in [0, 0.1) is 0 Å². The summed E-state index contributed by atoms with van der Waals surface area (Å²) in [5.74, 6) is -0.336. The molecule has 0 aromatic heterocycles. The molecule has 0 N–H and O–H groups in total. The summed E-state index contributed by atoms with van der Waals surface area (Å²) in [6.45, 7) is 0. The molecule has 0 bridgehead atoms. The van der Waals surface area contributed by atoms with Gasteiger partial charge in [0.2, 0.25) is 0 Å². The summed E-state index contributed by atoms with van der Waals surface area (Å²) in [4.78, 5) is 23.5. The Labute approximate surface area is 140 Å². The average Bonchev–Trinajstić information content (AvgIpc) is 2.64. The Morgan fingerprint density at radius 3 is 2.25 bits per heavy atom. The number of carbonyl (C=O) groups excluding carboxylic acids is 2. The van der Waals surface area contributed by atoms with Crippen LogP contribution in [0.2, 0.25) is 0 Å². The molecule has 0 fully saturated rings. The Bertz CT molecular complexity index is 777. The van der Waals surface area contributed by atoms with Gasteiger partial charge < -0.3 is 14.2 Å². The zero-order valence-electron chi connectivity index (χ0n) is 13.7. The van der Waals surface area contributed by atoms with Crippen molar-refractivity contribution in [2.45, 2.75) is 0 Å². The zero-order valence-corrected chi connectivity index (χ0v) is 13.7. The SMILES string of the molecule is COC(=O)/C=C/c1c(OC)cccc1-c1ccccc1C(=O)OC. The topological polar surface area (TPSA) is 61.8 Å². The number of ether oxygens (including phenoxy) is 3. The third-order valence-electron chi connectivity index (χ3n) is 3.50. The Morgan fingerprint density at radius 2 is 1.58 bits per heavy atom. The second-order valence-corrected chi connectivity index (χ2v) is 4.82. The van der Waals surface area contributed by atoms with Gasteiger partial charge in [-0.05, 0) is 29.3 Å². The molecule has 0 aliphatic carbocycles. The van der Waals surface area contributed by atoms with E-state index in [1.807, 2.05) is 24.3 Å². The summed E-state index contributed by atoms with van der Waals surface area (Å²) < 4.78 is 14.9. The lowest BCUT2D eigenvalue weighted by Crippen LogP contribution is -2.04. The van der Waals surface area contributed by atoms with Gasteiger partial charge >= 0.3 is 11.9 Å². The van der Waals surface area contributed by atoms with Crippen molar-refractivity contribution in [2.24, 2.45) is 0 Å². The van der Waals surface area contributed by atoms with Crippen LogP contribution in [-0.2, 0) is 14.3 Å². The van der Waals surface area contributed by atoms with Gasteiger partial charge in [-0.2, -0.15) is 0 Å². The van der Waals surface area contributed by atoms with Crippen LogP contribution in [0.25, 0.3) is 17.2 Å². The highest BCUT2D eigenvalue weighted by Gasteiger charge is 2.16. The fourth-order valence-corrected chi connectivity index (χ4v) is 2.35. The van der Waals surface area contributed by atoms with Gasteiger partial charge in [-0.25, -0.2) is 9.59 Å². The molecule has 2 aromatic carbocycles. The van der Waals surface area contributed by atoms with E-state index < -0.39 is 11.9 Å². The van der Waals surface area contributed by atoms with Crippen molar-refractivity contribution in [2.75, 3.05) is 21.3 Å².